The predicted octanol–water partition coefficient (Wildman–Crippen LogP) is 2.42. The molecule has 0 aliphatic carbocycles. The maximum absolute atomic E-state index is 13.7. The van der Waals surface area contributed by atoms with E-state index in [-0.39, 0.29) is 29.8 Å². The Morgan fingerprint density at radius 3 is 2.41 bits per heavy atom. The molecule has 2 rings (SSSR count). The molecule has 1 aromatic carbocycles. The number of rotatable bonds is 7. The average Bonchev–Trinajstić information content (AvgIpc) is 2.63. The fourth-order valence-corrected chi connectivity index (χ4v) is 3.38. The summed E-state index contributed by atoms with van der Waals surface area (Å²) in [7, 11) is 3.96. The van der Waals surface area contributed by atoms with Gasteiger partial charge in [-0.2, -0.15) is 0 Å². The molecule has 5 nitrogen and oxygen atoms in total. The van der Waals surface area contributed by atoms with Gasteiger partial charge >= 0.3 is 0 Å². The summed E-state index contributed by atoms with van der Waals surface area (Å²) in [6.45, 7) is 10.5. The molecule has 0 saturated carbocycles. The van der Waals surface area contributed by atoms with Gasteiger partial charge < -0.3 is 15.5 Å². The molecule has 0 aromatic heterocycles. The summed E-state index contributed by atoms with van der Waals surface area (Å²) >= 11 is 0. The van der Waals surface area contributed by atoms with Gasteiger partial charge in [-0.3, -0.25) is 9.89 Å². The van der Waals surface area contributed by atoms with Crippen LogP contribution in [0.15, 0.2) is 29.3 Å². The Morgan fingerprint density at radius 1 is 1.15 bits per heavy atom. The molecule has 2 N–H and O–H groups in total. The van der Waals surface area contributed by atoms with Crippen LogP contribution in [-0.2, 0) is 6.42 Å². The molecule has 154 valence electrons. The normalized spacial score (nSPS) is 17.5. The van der Waals surface area contributed by atoms with Crippen LogP contribution in [0.4, 0.5) is 4.39 Å². The highest BCUT2D eigenvalue weighted by Crippen LogP contribution is 2.13. The van der Waals surface area contributed by atoms with Gasteiger partial charge in [-0.15, -0.1) is 24.0 Å². The van der Waals surface area contributed by atoms with Crippen molar-refractivity contribution >= 4 is 29.9 Å². The minimum Gasteiger partial charge on any atom is -0.356 e. The van der Waals surface area contributed by atoms with Gasteiger partial charge in [0.2, 0.25) is 0 Å². The maximum Gasteiger partial charge on any atom is 0.191 e. The molecule has 27 heavy (non-hydrogen) atoms. The fraction of sp³-hybridized carbons (Fsp3) is 0.650. The van der Waals surface area contributed by atoms with Gasteiger partial charge in [-0.25, -0.2) is 4.39 Å². The highest BCUT2D eigenvalue weighted by Gasteiger charge is 2.24. The van der Waals surface area contributed by atoms with Crippen LogP contribution in [0.2, 0.25) is 0 Å². The molecule has 1 aliphatic heterocycles. The van der Waals surface area contributed by atoms with Gasteiger partial charge in [0.25, 0.3) is 0 Å². The lowest BCUT2D eigenvalue weighted by atomic mass is 10.0. The number of piperazine rings is 1. The Morgan fingerprint density at radius 2 is 1.81 bits per heavy atom. The van der Waals surface area contributed by atoms with Crippen molar-refractivity contribution < 1.29 is 4.39 Å². The molecular weight excluding hydrogens is 456 g/mol. The Kier molecular flexibility index (Phi) is 11.2. The standard InChI is InChI=1S/C20H34FN5.HI/c1-16(2)19(26-13-11-25(4)12-14-26)15-24-20(22-3)23-10-9-17-7-5-6-8-18(17)21;/h5-8,16,19H,9-15H2,1-4H3,(H2,22,23,24);1H. The zero-order chi connectivity index (χ0) is 18.9. The Balaban J connectivity index is 0.00000364. The minimum atomic E-state index is -0.146. The summed E-state index contributed by atoms with van der Waals surface area (Å²) in [5.41, 5.74) is 0.730. The van der Waals surface area contributed by atoms with E-state index in [1.54, 1.807) is 13.1 Å². The Labute approximate surface area is 180 Å². The molecule has 0 spiro atoms. The van der Waals surface area contributed by atoms with Crippen molar-refractivity contribution in [3.05, 3.63) is 35.6 Å². The van der Waals surface area contributed by atoms with E-state index in [1.165, 1.54) is 6.07 Å². The smallest absolute Gasteiger partial charge is 0.191 e. The van der Waals surface area contributed by atoms with Gasteiger partial charge in [0.1, 0.15) is 5.82 Å². The summed E-state index contributed by atoms with van der Waals surface area (Å²) in [6, 6.07) is 7.40. The van der Waals surface area contributed by atoms with Crippen LogP contribution in [0.1, 0.15) is 19.4 Å². The van der Waals surface area contributed by atoms with Crippen LogP contribution in [0.25, 0.3) is 0 Å². The monoisotopic (exact) mass is 491 g/mol. The molecule has 1 saturated heterocycles. The van der Waals surface area contributed by atoms with Crippen LogP contribution >= 0.6 is 24.0 Å². The summed E-state index contributed by atoms with van der Waals surface area (Å²) in [4.78, 5) is 9.26. The summed E-state index contributed by atoms with van der Waals surface area (Å²) in [5, 5.41) is 6.74. The van der Waals surface area contributed by atoms with E-state index < -0.39 is 0 Å². The highest BCUT2D eigenvalue weighted by atomic mass is 127. The third-order valence-electron chi connectivity index (χ3n) is 5.12. The van der Waals surface area contributed by atoms with Crippen LogP contribution in [-0.4, -0.2) is 75.2 Å². The van der Waals surface area contributed by atoms with E-state index in [4.69, 9.17) is 0 Å². The molecule has 0 radical (unpaired) electrons. The lowest BCUT2D eigenvalue weighted by molar-refractivity contribution is 0.0900. The van der Waals surface area contributed by atoms with Crippen molar-refractivity contribution in [2.75, 3.05) is 53.4 Å². The second-order valence-corrected chi connectivity index (χ2v) is 7.37. The van der Waals surface area contributed by atoms with Crippen LogP contribution in [0.3, 0.4) is 0 Å². The van der Waals surface area contributed by atoms with Gasteiger partial charge in [0.15, 0.2) is 5.96 Å². The Hall–Kier alpha value is -0.930. The van der Waals surface area contributed by atoms with Crippen molar-refractivity contribution in [1.29, 1.82) is 0 Å². The SMILES string of the molecule is CN=C(NCCc1ccccc1F)NCC(C(C)C)N1CCN(C)CC1.I. The molecule has 0 bridgehead atoms. The van der Waals surface area contributed by atoms with Crippen molar-refractivity contribution in [2.45, 2.75) is 26.3 Å². The van der Waals surface area contributed by atoms with Gasteiger partial charge in [0, 0.05) is 52.4 Å². The van der Waals surface area contributed by atoms with Crippen molar-refractivity contribution in [3.8, 4) is 0 Å². The van der Waals surface area contributed by atoms with Gasteiger partial charge in [-0.05, 0) is 31.0 Å². The third-order valence-corrected chi connectivity index (χ3v) is 5.12. The number of likely N-dealkylation sites (N-methyl/N-ethyl adjacent to an activating group) is 1. The number of nitrogens with one attached hydrogen (secondary N) is 2. The largest absolute Gasteiger partial charge is 0.356 e. The molecule has 1 aliphatic rings. The average molecular weight is 491 g/mol. The zero-order valence-electron chi connectivity index (χ0n) is 17.0. The van der Waals surface area contributed by atoms with E-state index in [0.29, 0.717) is 24.9 Å². The van der Waals surface area contributed by atoms with Crippen LogP contribution < -0.4 is 10.6 Å². The second kappa shape index (κ2) is 12.5. The summed E-state index contributed by atoms with van der Waals surface area (Å²) in [5.74, 6) is 1.20. The first-order chi connectivity index (χ1) is 12.5. The molecule has 1 heterocycles. The fourth-order valence-electron chi connectivity index (χ4n) is 3.38. The third kappa shape index (κ3) is 7.91. The Bertz CT molecular complexity index is 573. The van der Waals surface area contributed by atoms with Crippen LogP contribution in [0, 0.1) is 11.7 Å². The van der Waals surface area contributed by atoms with E-state index >= 15 is 0 Å². The number of benzene rings is 1. The first-order valence-corrected chi connectivity index (χ1v) is 9.61. The number of hydrogen-bond donors (Lipinski definition) is 2. The number of hydrogen-bond acceptors (Lipinski definition) is 3. The number of halogens is 2. The number of guanidine groups is 1. The van der Waals surface area contributed by atoms with Gasteiger partial charge in [-0.1, -0.05) is 32.0 Å². The topological polar surface area (TPSA) is 42.9 Å². The quantitative estimate of drug-likeness (QED) is 0.350. The lowest BCUT2D eigenvalue weighted by Crippen LogP contribution is -2.55. The lowest BCUT2D eigenvalue weighted by Gasteiger charge is -2.40. The molecule has 1 aromatic rings. The zero-order valence-corrected chi connectivity index (χ0v) is 19.4. The molecule has 1 unspecified atom stereocenters. The molecule has 0 amide bonds. The molecular formula is C20H35FIN5. The van der Waals surface area contributed by atoms with Crippen molar-refractivity contribution in [2.24, 2.45) is 10.9 Å². The summed E-state index contributed by atoms with van der Waals surface area (Å²) < 4.78 is 13.7. The van der Waals surface area contributed by atoms with Crippen LogP contribution in [0.5, 0.6) is 0 Å². The first-order valence-electron chi connectivity index (χ1n) is 9.61. The van der Waals surface area contributed by atoms with Gasteiger partial charge in [0.05, 0.1) is 0 Å². The molecule has 1 fully saturated rings. The number of aliphatic imine (C=N–C) groups is 1. The highest BCUT2D eigenvalue weighted by molar-refractivity contribution is 14.0. The van der Waals surface area contributed by atoms with E-state index in [0.717, 1.165) is 44.2 Å². The van der Waals surface area contributed by atoms with E-state index in [9.17, 15) is 4.39 Å². The molecule has 1 atom stereocenters. The first kappa shape index (κ1) is 24.1. The molecule has 7 heteroatoms. The minimum absolute atomic E-state index is 0. The summed E-state index contributed by atoms with van der Waals surface area (Å²) in [6.07, 6.45) is 0.638. The van der Waals surface area contributed by atoms with E-state index in [1.807, 2.05) is 12.1 Å². The maximum atomic E-state index is 13.7. The van der Waals surface area contributed by atoms with Crippen molar-refractivity contribution in [1.82, 2.24) is 20.4 Å². The van der Waals surface area contributed by atoms with Crippen molar-refractivity contribution in [3.63, 3.8) is 0 Å². The second-order valence-electron chi connectivity index (χ2n) is 7.37. The number of nitrogens with zero attached hydrogens (tertiary/aromatic N) is 3. The van der Waals surface area contributed by atoms with E-state index in [2.05, 4.69) is 46.3 Å². The predicted molar refractivity (Wildman–Crippen MR) is 123 cm³/mol.